The van der Waals surface area contributed by atoms with E-state index in [-0.39, 0.29) is 5.91 Å². The lowest BCUT2D eigenvalue weighted by Gasteiger charge is -2.25. The zero-order chi connectivity index (χ0) is 11.4. The van der Waals surface area contributed by atoms with Crippen LogP contribution in [-0.4, -0.2) is 12.5 Å². The van der Waals surface area contributed by atoms with Crippen molar-refractivity contribution in [1.29, 1.82) is 0 Å². The summed E-state index contributed by atoms with van der Waals surface area (Å²) in [6, 6.07) is 7.45. The molecule has 0 aromatic heterocycles. The SMILES string of the molecule is O=C(NCCC1CCC1)c1ccc(Br)cc1. The monoisotopic (exact) mass is 281 g/mol. The van der Waals surface area contributed by atoms with Gasteiger partial charge < -0.3 is 5.32 Å². The molecule has 0 spiro atoms. The molecule has 1 aromatic carbocycles. The fourth-order valence-electron chi connectivity index (χ4n) is 1.87. The summed E-state index contributed by atoms with van der Waals surface area (Å²) >= 11 is 3.35. The summed E-state index contributed by atoms with van der Waals surface area (Å²) in [5.74, 6) is 0.886. The number of nitrogens with one attached hydrogen (secondary N) is 1. The highest BCUT2D eigenvalue weighted by molar-refractivity contribution is 9.10. The molecule has 1 saturated carbocycles. The number of benzene rings is 1. The highest BCUT2D eigenvalue weighted by atomic mass is 79.9. The molecule has 0 heterocycles. The van der Waals surface area contributed by atoms with Crippen molar-refractivity contribution < 1.29 is 4.79 Å². The Morgan fingerprint density at radius 1 is 1.31 bits per heavy atom. The second-order valence-electron chi connectivity index (χ2n) is 4.35. The Labute approximate surface area is 105 Å². The molecule has 0 bridgehead atoms. The van der Waals surface area contributed by atoms with Gasteiger partial charge in [-0.2, -0.15) is 0 Å². The van der Waals surface area contributed by atoms with Gasteiger partial charge in [-0.1, -0.05) is 35.2 Å². The Balaban J connectivity index is 1.76. The van der Waals surface area contributed by atoms with Crippen molar-refractivity contribution in [3.05, 3.63) is 34.3 Å². The molecule has 0 atom stereocenters. The van der Waals surface area contributed by atoms with Crippen LogP contribution in [0.5, 0.6) is 0 Å². The number of carbonyl (C=O) groups is 1. The molecule has 0 unspecified atom stereocenters. The standard InChI is InChI=1S/C13H16BrNO/c14-12-6-4-11(5-7-12)13(16)15-9-8-10-2-1-3-10/h4-7,10H,1-3,8-9H2,(H,15,16). The van der Waals surface area contributed by atoms with E-state index in [0.29, 0.717) is 0 Å². The first-order valence-corrected chi connectivity index (χ1v) is 6.59. The van der Waals surface area contributed by atoms with Crippen LogP contribution in [0.1, 0.15) is 36.0 Å². The molecular weight excluding hydrogens is 266 g/mol. The first-order valence-electron chi connectivity index (χ1n) is 5.79. The number of rotatable bonds is 4. The van der Waals surface area contributed by atoms with Gasteiger partial charge in [0.1, 0.15) is 0 Å². The van der Waals surface area contributed by atoms with Crippen molar-refractivity contribution in [2.24, 2.45) is 5.92 Å². The molecule has 0 saturated heterocycles. The normalized spacial score (nSPS) is 15.6. The van der Waals surface area contributed by atoms with E-state index >= 15 is 0 Å². The fraction of sp³-hybridized carbons (Fsp3) is 0.462. The van der Waals surface area contributed by atoms with Crippen LogP contribution in [0, 0.1) is 5.92 Å². The van der Waals surface area contributed by atoms with Crippen molar-refractivity contribution in [2.45, 2.75) is 25.7 Å². The topological polar surface area (TPSA) is 29.1 Å². The summed E-state index contributed by atoms with van der Waals surface area (Å²) in [5.41, 5.74) is 0.733. The van der Waals surface area contributed by atoms with Gasteiger partial charge in [-0.05, 0) is 36.6 Å². The summed E-state index contributed by atoms with van der Waals surface area (Å²) < 4.78 is 0.999. The van der Waals surface area contributed by atoms with E-state index in [4.69, 9.17) is 0 Å². The molecule has 2 rings (SSSR count). The Bertz CT molecular complexity index is 357. The third-order valence-corrected chi connectivity index (χ3v) is 3.70. The highest BCUT2D eigenvalue weighted by Gasteiger charge is 2.16. The summed E-state index contributed by atoms with van der Waals surface area (Å²) in [7, 11) is 0. The third-order valence-electron chi connectivity index (χ3n) is 3.17. The second kappa shape index (κ2) is 5.48. The van der Waals surface area contributed by atoms with Gasteiger partial charge in [0.25, 0.3) is 5.91 Å². The van der Waals surface area contributed by atoms with Crippen LogP contribution in [-0.2, 0) is 0 Å². The maximum absolute atomic E-state index is 11.7. The smallest absolute Gasteiger partial charge is 0.251 e. The van der Waals surface area contributed by atoms with Gasteiger partial charge in [0, 0.05) is 16.6 Å². The first kappa shape index (κ1) is 11.6. The van der Waals surface area contributed by atoms with Crippen molar-refractivity contribution in [3.8, 4) is 0 Å². The van der Waals surface area contributed by atoms with E-state index < -0.39 is 0 Å². The van der Waals surface area contributed by atoms with Crippen LogP contribution < -0.4 is 5.32 Å². The van der Waals surface area contributed by atoms with E-state index in [1.54, 1.807) is 0 Å². The molecule has 0 radical (unpaired) electrons. The van der Waals surface area contributed by atoms with Gasteiger partial charge in [-0.25, -0.2) is 0 Å². The number of halogens is 1. The maximum atomic E-state index is 11.7. The molecular formula is C13H16BrNO. The van der Waals surface area contributed by atoms with Crippen LogP contribution in [0.15, 0.2) is 28.7 Å². The lowest BCUT2D eigenvalue weighted by Crippen LogP contribution is -2.27. The van der Waals surface area contributed by atoms with Crippen LogP contribution in [0.2, 0.25) is 0 Å². The highest BCUT2D eigenvalue weighted by Crippen LogP contribution is 2.28. The van der Waals surface area contributed by atoms with Crippen LogP contribution in [0.3, 0.4) is 0 Å². The molecule has 0 aliphatic heterocycles. The number of hydrogen-bond donors (Lipinski definition) is 1. The van der Waals surface area contributed by atoms with E-state index in [9.17, 15) is 4.79 Å². The average molecular weight is 282 g/mol. The summed E-state index contributed by atoms with van der Waals surface area (Å²) in [6.07, 6.45) is 5.18. The van der Waals surface area contributed by atoms with Gasteiger partial charge in [0.05, 0.1) is 0 Å². The van der Waals surface area contributed by atoms with Crippen LogP contribution in [0.25, 0.3) is 0 Å². The lowest BCUT2D eigenvalue weighted by atomic mass is 9.83. The van der Waals surface area contributed by atoms with E-state index in [1.807, 2.05) is 24.3 Å². The fourth-order valence-corrected chi connectivity index (χ4v) is 2.14. The quantitative estimate of drug-likeness (QED) is 0.901. The Kier molecular flexibility index (Phi) is 3.99. The van der Waals surface area contributed by atoms with E-state index in [2.05, 4.69) is 21.2 Å². The molecule has 3 heteroatoms. The summed E-state index contributed by atoms with van der Waals surface area (Å²) in [6.45, 7) is 0.805. The molecule has 1 fully saturated rings. The van der Waals surface area contributed by atoms with Gasteiger partial charge >= 0.3 is 0 Å². The third kappa shape index (κ3) is 3.08. The van der Waals surface area contributed by atoms with Crippen molar-refractivity contribution in [3.63, 3.8) is 0 Å². The van der Waals surface area contributed by atoms with Crippen LogP contribution >= 0.6 is 15.9 Å². The zero-order valence-corrected chi connectivity index (χ0v) is 10.8. The average Bonchev–Trinajstić information content (AvgIpc) is 2.22. The minimum absolute atomic E-state index is 0.0341. The predicted octanol–water partition coefficient (Wildman–Crippen LogP) is 3.37. The van der Waals surface area contributed by atoms with Gasteiger partial charge in [-0.15, -0.1) is 0 Å². The number of hydrogen-bond acceptors (Lipinski definition) is 1. The summed E-state index contributed by atoms with van der Waals surface area (Å²) in [4.78, 5) is 11.7. The molecule has 16 heavy (non-hydrogen) atoms. The van der Waals surface area contributed by atoms with Gasteiger partial charge in [0.2, 0.25) is 0 Å². The molecule has 86 valence electrons. The van der Waals surface area contributed by atoms with Crippen molar-refractivity contribution in [2.75, 3.05) is 6.54 Å². The van der Waals surface area contributed by atoms with Crippen LogP contribution in [0.4, 0.5) is 0 Å². The summed E-state index contributed by atoms with van der Waals surface area (Å²) in [5, 5.41) is 2.96. The van der Waals surface area contributed by atoms with Crippen molar-refractivity contribution in [1.82, 2.24) is 5.32 Å². The Morgan fingerprint density at radius 2 is 2.00 bits per heavy atom. The number of carbonyl (C=O) groups excluding carboxylic acids is 1. The maximum Gasteiger partial charge on any atom is 0.251 e. The lowest BCUT2D eigenvalue weighted by molar-refractivity contribution is 0.0949. The Morgan fingerprint density at radius 3 is 2.56 bits per heavy atom. The van der Waals surface area contributed by atoms with Crippen molar-refractivity contribution >= 4 is 21.8 Å². The number of amides is 1. The van der Waals surface area contributed by atoms with E-state index in [0.717, 1.165) is 28.9 Å². The first-order chi connectivity index (χ1) is 7.75. The minimum atomic E-state index is 0.0341. The predicted molar refractivity (Wildman–Crippen MR) is 68.4 cm³/mol. The molecule has 1 aliphatic carbocycles. The largest absolute Gasteiger partial charge is 0.352 e. The second-order valence-corrected chi connectivity index (χ2v) is 5.26. The molecule has 2 nitrogen and oxygen atoms in total. The van der Waals surface area contributed by atoms with E-state index in [1.165, 1.54) is 19.3 Å². The minimum Gasteiger partial charge on any atom is -0.352 e. The molecule has 1 aromatic rings. The zero-order valence-electron chi connectivity index (χ0n) is 9.21. The molecule has 1 N–H and O–H groups in total. The molecule has 1 aliphatic rings. The van der Waals surface area contributed by atoms with Gasteiger partial charge in [-0.3, -0.25) is 4.79 Å². The van der Waals surface area contributed by atoms with Gasteiger partial charge in [0.15, 0.2) is 0 Å². The molecule has 1 amide bonds. The Hall–Kier alpha value is -0.830.